The SMILES string of the molecule is CNC(=O)Cn1cc(NC(=O)CCc2scnc2C)cn1. The second kappa shape index (κ2) is 6.98. The summed E-state index contributed by atoms with van der Waals surface area (Å²) in [6.07, 6.45) is 4.22. The van der Waals surface area contributed by atoms with E-state index in [1.165, 1.54) is 10.9 Å². The third-order valence-electron chi connectivity index (χ3n) is 2.93. The number of aromatic nitrogens is 3. The van der Waals surface area contributed by atoms with Gasteiger partial charge in [0.05, 0.1) is 23.1 Å². The molecule has 0 aliphatic rings. The Labute approximate surface area is 126 Å². The zero-order valence-corrected chi connectivity index (χ0v) is 12.7. The molecule has 2 N–H and O–H groups in total. The Hall–Kier alpha value is -2.22. The quantitative estimate of drug-likeness (QED) is 0.832. The van der Waals surface area contributed by atoms with Crippen molar-refractivity contribution in [1.82, 2.24) is 20.1 Å². The van der Waals surface area contributed by atoms with Crippen molar-refractivity contribution in [2.75, 3.05) is 12.4 Å². The molecule has 0 aliphatic carbocycles. The molecule has 0 bridgehead atoms. The molecule has 0 aromatic carbocycles. The zero-order chi connectivity index (χ0) is 15.2. The largest absolute Gasteiger partial charge is 0.358 e. The van der Waals surface area contributed by atoms with Crippen molar-refractivity contribution in [3.8, 4) is 0 Å². The van der Waals surface area contributed by atoms with E-state index in [0.29, 0.717) is 18.5 Å². The molecule has 2 aromatic rings. The van der Waals surface area contributed by atoms with Gasteiger partial charge in [0.2, 0.25) is 11.8 Å². The standard InChI is InChI=1S/C13H17N5O2S/c1-9-11(21-8-15-9)3-4-12(19)17-10-5-16-18(6-10)7-13(20)14-2/h5-6,8H,3-4,7H2,1-2H3,(H,14,20)(H,17,19). The monoisotopic (exact) mass is 307 g/mol. The molecule has 112 valence electrons. The number of thiazole rings is 1. The summed E-state index contributed by atoms with van der Waals surface area (Å²) in [7, 11) is 1.57. The summed E-state index contributed by atoms with van der Waals surface area (Å²) in [5.74, 6) is -0.223. The van der Waals surface area contributed by atoms with Crippen molar-refractivity contribution in [3.63, 3.8) is 0 Å². The van der Waals surface area contributed by atoms with E-state index in [1.807, 2.05) is 6.92 Å². The molecule has 0 spiro atoms. The van der Waals surface area contributed by atoms with E-state index in [1.54, 1.807) is 30.1 Å². The Morgan fingerprint density at radius 1 is 1.38 bits per heavy atom. The molecule has 0 atom stereocenters. The number of carbonyl (C=O) groups is 2. The summed E-state index contributed by atoms with van der Waals surface area (Å²) in [5, 5.41) is 9.29. The van der Waals surface area contributed by atoms with Crippen LogP contribution in [0.2, 0.25) is 0 Å². The predicted octanol–water partition coefficient (Wildman–Crippen LogP) is 0.965. The van der Waals surface area contributed by atoms with Crippen molar-refractivity contribution in [2.24, 2.45) is 0 Å². The molecule has 2 amide bonds. The van der Waals surface area contributed by atoms with Gasteiger partial charge in [-0.05, 0) is 13.3 Å². The number of amides is 2. The van der Waals surface area contributed by atoms with Gasteiger partial charge in [-0.3, -0.25) is 14.3 Å². The second-order valence-electron chi connectivity index (χ2n) is 4.51. The van der Waals surface area contributed by atoms with Crippen molar-refractivity contribution >= 4 is 28.8 Å². The van der Waals surface area contributed by atoms with E-state index in [-0.39, 0.29) is 18.4 Å². The van der Waals surface area contributed by atoms with Crippen molar-refractivity contribution in [2.45, 2.75) is 26.3 Å². The van der Waals surface area contributed by atoms with E-state index >= 15 is 0 Å². The predicted molar refractivity (Wildman–Crippen MR) is 80.1 cm³/mol. The number of likely N-dealkylation sites (N-methyl/N-ethyl adjacent to an activating group) is 1. The van der Waals surface area contributed by atoms with Crippen LogP contribution in [0.25, 0.3) is 0 Å². The highest BCUT2D eigenvalue weighted by molar-refractivity contribution is 7.09. The first-order valence-electron chi connectivity index (χ1n) is 6.50. The Bertz CT molecular complexity index is 634. The molecule has 0 saturated heterocycles. The molecule has 0 radical (unpaired) electrons. The average Bonchev–Trinajstić information content (AvgIpc) is 3.05. The minimum Gasteiger partial charge on any atom is -0.358 e. The fraction of sp³-hybridized carbons (Fsp3) is 0.385. The molecule has 7 nitrogen and oxygen atoms in total. The summed E-state index contributed by atoms with van der Waals surface area (Å²) >= 11 is 1.56. The number of hydrogen-bond donors (Lipinski definition) is 2. The summed E-state index contributed by atoms with van der Waals surface area (Å²) in [5.41, 5.74) is 3.35. The number of carbonyl (C=O) groups excluding carboxylic acids is 2. The molecule has 2 aromatic heterocycles. The van der Waals surface area contributed by atoms with Gasteiger partial charge in [-0.2, -0.15) is 5.10 Å². The van der Waals surface area contributed by atoms with Gasteiger partial charge in [0.15, 0.2) is 0 Å². The van der Waals surface area contributed by atoms with E-state index in [4.69, 9.17) is 0 Å². The summed E-state index contributed by atoms with van der Waals surface area (Å²) < 4.78 is 1.47. The molecule has 0 unspecified atom stereocenters. The van der Waals surface area contributed by atoms with Gasteiger partial charge in [0, 0.05) is 24.5 Å². The highest BCUT2D eigenvalue weighted by Gasteiger charge is 2.08. The van der Waals surface area contributed by atoms with Crippen LogP contribution in [0.15, 0.2) is 17.9 Å². The maximum Gasteiger partial charge on any atom is 0.241 e. The van der Waals surface area contributed by atoms with Crippen LogP contribution in [0.4, 0.5) is 5.69 Å². The molecule has 2 rings (SSSR count). The minimum absolute atomic E-state index is 0.0812. The normalized spacial score (nSPS) is 10.4. The Balaban J connectivity index is 1.82. The fourth-order valence-electron chi connectivity index (χ4n) is 1.76. The lowest BCUT2D eigenvalue weighted by molar-refractivity contribution is -0.121. The molecule has 0 fully saturated rings. The lowest BCUT2D eigenvalue weighted by Gasteiger charge is -2.02. The average molecular weight is 307 g/mol. The molecule has 21 heavy (non-hydrogen) atoms. The highest BCUT2D eigenvalue weighted by atomic mass is 32.1. The lowest BCUT2D eigenvalue weighted by atomic mass is 10.2. The Morgan fingerprint density at radius 3 is 2.86 bits per heavy atom. The number of aryl methyl sites for hydroxylation is 2. The first kappa shape index (κ1) is 15.2. The van der Waals surface area contributed by atoms with Crippen LogP contribution in [0.1, 0.15) is 17.0 Å². The zero-order valence-electron chi connectivity index (χ0n) is 11.9. The van der Waals surface area contributed by atoms with Gasteiger partial charge in [-0.25, -0.2) is 4.98 Å². The van der Waals surface area contributed by atoms with E-state index in [9.17, 15) is 9.59 Å². The third kappa shape index (κ3) is 4.38. The second-order valence-corrected chi connectivity index (χ2v) is 5.45. The van der Waals surface area contributed by atoms with Crippen molar-refractivity contribution in [1.29, 1.82) is 0 Å². The van der Waals surface area contributed by atoms with Gasteiger partial charge in [-0.15, -0.1) is 11.3 Å². The van der Waals surface area contributed by atoms with E-state index in [2.05, 4.69) is 20.7 Å². The third-order valence-corrected chi connectivity index (χ3v) is 3.92. The molecular formula is C13H17N5O2S. The van der Waals surface area contributed by atoms with Crippen LogP contribution in [-0.2, 0) is 22.6 Å². The van der Waals surface area contributed by atoms with Crippen LogP contribution in [0.3, 0.4) is 0 Å². The molecular weight excluding hydrogens is 290 g/mol. The smallest absolute Gasteiger partial charge is 0.241 e. The number of nitrogens with zero attached hydrogens (tertiary/aromatic N) is 3. The molecule has 0 aliphatic heterocycles. The minimum atomic E-state index is -0.142. The van der Waals surface area contributed by atoms with Gasteiger partial charge in [-0.1, -0.05) is 0 Å². The van der Waals surface area contributed by atoms with Crippen LogP contribution in [-0.4, -0.2) is 33.6 Å². The van der Waals surface area contributed by atoms with Crippen LogP contribution >= 0.6 is 11.3 Å². The number of anilines is 1. The first-order valence-corrected chi connectivity index (χ1v) is 7.38. The van der Waals surface area contributed by atoms with Crippen LogP contribution in [0.5, 0.6) is 0 Å². The van der Waals surface area contributed by atoms with E-state index in [0.717, 1.165) is 10.6 Å². The Morgan fingerprint density at radius 2 is 2.19 bits per heavy atom. The first-order chi connectivity index (χ1) is 10.1. The molecule has 2 heterocycles. The molecule has 8 heteroatoms. The van der Waals surface area contributed by atoms with Crippen LogP contribution < -0.4 is 10.6 Å². The number of nitrogens with one attached hydrogen (secondary N) is 2. The maximum absolute atomic E-state index is 11.9. The number of rotatable bonds is 6. The van der Waals surface area contributed by atoms with Crippen molar-refractivity contribution < 1.29 is 9.59 Å². The number of hydrogen-bond acceptors (Lipinski definition) is 5. The highest BCUT2D eigenvalue weighted by Crippen LogP contribution is 2.15. The maximum atomic E-state index is 11.9. The van der Waals surface area contributed by atoms with Gasteiger partial charge in [0.1, 0.15) is 6.54 Å². The van der Waals surface area contributed by atoms with Crippen LogP contribution in [0, 0.1) is 6.92 Å². The Kier molecular flexibility index (Phi) is 5.04. The molecule has 0 saturated carbocycles. The summed E-state index contributed by atoms with van der Waals surface area (Å²) in [4.78, 5) is 28.4. The van der Waals surface area contributed by atoms with Gasteiger partial charge in [0.25, 0.3) is 0 Å². The topological polar surface area (TPSA) is 88.9 Å². The van der Waals surface area contributed by atoms with Crippen molar-refractivity contribution in [3.05, 3.63) is 28.5 Å². The summed E-state index contributed by atoms with van der Waals surface area (Å²) in [6, 6.07) is 0. The van der Waals surface area contributed by atoms with Gasteiger partial charge >= 0.3 is 0 Å². The van der Waals surface area contributed by atoms with E-state index < -0.39 is 0 Å². The summed E-state index contributed by atoms with van der Waals surface area (Å²) in [6.45, 7) is 2.07. The van der Waals surface area contributed by atoms with Gasteiger partial charge < -0.3 is 10.6 Å². The fourth-order valence-corrected chi connectivity index (χ4v) is 2.54. The lowest BCUT2D eigenvalue weighted by Crippen LogP contribution is -2.23.